The first-order chi connectivity index (χ1) is 8.76. The van der Waals surface area contributed by atoms with Crippen molar-refractivity contribution < 1.29 is 0 Å². The first-order valence-corrected chi connectivity index (χ1v) is 6.39. The van der Waals surface area contributed by atoms with Crippen LogP contribution in [0.4, 0.5) is 5.13 Å². The molecule has 0 atom stereocenters. The van der Waals surface area contributed by atoms with E-state index in [9.17, 15) is 0 Å². The Morgan fingerprint density at radius 3 is 2.83 bits per heavy atom. The average Bonchev–Trinajstić information content (AvgIpc) is 2.80. The van der Waals surface area contributed by atoms with Gasteiger partial charge in [0, 0.05) is 5.56 Å². The predicted molar refractivity (Wildman–Crippen MR) is 75.4 cm³/mol. The van der Waals surface area contributed by atoms with E-state index in [0.29, 0.717) is 5.13 Å². The summed E-state index contributed by atoms with van der Waals surface area (Å²) >= 11 is 1.45. The van der Waals surface area contributed by atoms with E-state index in [2.05, 4.69) is 40.5 Å². The normalized spacial score (nSPS) is 10.8. The summed E-state index contributed by atoms with van der Waals surface area (Å²) in [7, 11) is 0. The highest BCUT2D eigenvalue weighted by atomic mass is 32.1. The highest BCUT2D eigenvalue weighted by Crippen LogP contribution is 2.27. The fourth-order valence-corrected chi connectivity index (χ4v) is 2.59. The number of rotatable bonds is 2. The highest BCUT2D eigenvalue weighted by Gasteiger charge is 2.06. The Morgan fingerprint density at radius 2 is 2.06 bits per heavy atom. The number of nitrogens with one attached hydrogen (secondary N) is 1. The number of benzene rings is 1. The van der Waals surface area contributed by atoms with Gasteiger partial charge in [-0.15, -0.1) is 0 Å². The summed E-state index contributed by atoms with van der Waals surface area (Å²) in [4.78, 5) is 9.81. The van der Waals surface area contributed by atoms with Crippen molar-refractivity contribution in [1.29, 1.82) is 0 Å². The molecule has 0 radical (unpaired) electrons. The van der Waals surface area contributed by atoms with Crippen LogP contribution in [0.1, 0.15) is 5.56 Å². The van der Waals surface area contributed by atoms with Crippen molar-refractivity contribution in [2.45, 2.75) is 6.92 Å². The summed E-state index contributed by atoms with van der Waals surface area (Å²) in [5.74, 6) is 5.35. The van der Waals surface area contributed by atoms with Gasteiger partial charge in [-0.2, -0.15) is 0 Å². The van der Waals surface area contributed by atoms with Crippen LogP contribution in [-0.2, 0) is 0 Å². The van der Waals surface area contributed by atoms with Crippen molar-refractivity contribution in [2.75, 3.05) is 5.43 Å². The molecule has 0 saturated carbocycles. The van der Waals surface area contributed by atoms with Crippen molar-refractivity contribution in [3.8, 4) is 11.3 Å². The number of anilines is 1. The average molecular weight is 256 g/mol. The maximum atomic E-state index is 5.35. The summed E-state index contributed by atoms with van der Waals surface area (Å²) in [6.07, 6.45) is 0. The van der Waals surface area contributed by atoms with Gasteiger partial charge in [0.25, 0.3) is 0 Å². The zero-order valence-corrected chi connectivity index (χ0v) is 10.7. The van der Waals surface area contributed by atoms with Crippen LogP contribution in [0, 0.1) is 6.92 Å². The van der Waals surface area contributed by atoms with Crippen LogP contribution >= 0.6 is 11.3 Å². The van der Waals surface area contributed by atoms with Gasteiger partial charge in [0.2, 0.25) is 0 Å². The lowest BCUT2D eigenvalue weighted by molar-refractivity contribution is 1.31. The second kappa shape index (κ2) is 4.36. The molecule has 3 N–H and O–H groups in total. The van der Waals surface area contributed by atoms with Gasteiger partial charge in [-0.3, -0.25) is 5.43 Å². The van der Waals surface area contributed by atoms with E-state index < -0.39 is 0 Å². The molecule has 18 heavy (non-hydrogen) atoms. The molecule has 0 aliphatic heterocycles. The smallest absolute Gasteiger partial charge is 0.199 e. The van der Waals surface area contributed by atoms with E-state index in [1.807, 2.05) is 18.2 Å². The first-order valence-electron chi connectivity index (χ1n) is 5.57. The number of hydrazine groups is 1. The van der Waals surface area contributed by atoms with Crippen molar-refractivity contribution in [2.24, 2.45) is 5.84 Å². The molecule has 0 saturated heterocycles. The van der Waals surface area contributed by atoms with Gasteiger partial charge in [-0.05, 0) is 25.1 Å². The fourth-order valence-electron chi connectivity index (χ4n) is 1.84. The monoisotopic (exact) mass is 256 g/mol. The lowest BCUT2D eigenvalue weighted by Crippen LogP contribution is -2.05. The van der Waals surface area contributed by atoms with Crippen molar-refractivity contribution >= 4 is 26.8 Å². The Balaban J connectivity index is 2.12. The zero-order valence-electron chi connectivity index (χ0n) is 9.84. The fraction of sp³-hybridized carbons (Fsp3) is 0.0769. The van der Waals surface area contributed by atoms with E-state index >= 15 is 0 Å². The number of nitrogen functional groups attached to an aromatic ring is 1. The van der Waals surface area contributed by atoms with E-state index in [1.54, 1.807) is 0 Å². The van der Waals surface area contributed by atoms with E-state index in [4.69, 9.17) is 5.84 Å². The summed E-state index contributed by atoms with van der Waals surface area (Å²) in [6, 6.07) is 12.2. The van der Waals surface area contributed by atoms with Crippen LogP contribution in [0.2, 0.25) is 0 Å². The minimum absolute atomic E-state index is 0.680. The molecule has 0 amide bonds. The number of pyridine rings is 1. The van der Waals surface area contributed by atoms with Gasteiger partial charge < -0.3 is 0 Å². The topological polar surface area (TPSA) is 63.8 Å². The number of hydrogen-bond donors (Lipinski definition) is 2. The molecule has 0 bridgehead atoms. The summed E-state index contributed by atoms with van der Waals surface area (Å²) < 4.78 is 0. The maximum absolute atomic E-state index is 5.35. The van der Waals surface area contributed by atoms with E-state index in [1.165, 1.54) is 16.9 Å². The molecule has 4 nitrogen and oxygen atoms in total. The highest BCUT2D eigenvalue weighted by molar-refractivity contribution is 7.21. The molecule has 2 aromatic heterocycles. The molecular formula is C13H12N4S. The Bertz CT molecular complexity index is 705. The van der Waals surface area contributed by atoms with Crippen LogP contribution in [-0.4, -0.2) is 9.97 Å². The van der Waals surface area contributed by atoms with Crippen molar-refractivity contribution in [1.82, 2.24) is 9.97 Å². The lowest BCUT2D eigenvalue weighted by atomic mass is 10.1. The molecule has 0 spiro atoms. The first kappa shape index (κ1) is 11.1. The molecule has 0 unspecified atom stereocenters. The number of nitrogens with zero attached hydrogens (tertiary/aromatic N) is 2. The number of nitrogens with two attached hydrogens (primary N) is 1. The molecular weight excluding hydrogens is 244 g/mol. The van der Waals surface area contributed by atoms with Crippen LogP contribution in [0.15, 0.2) is 36.4 Å². The van der Waals surface area contributed by atoms with Gasteiger partial charge in [-0.25, -0.2) is 15.8 Å². The molecule has 90 valence electrons. The molecule has 1 aromatic carbocycles. The number of hydrogen-bond acceptors (Lipinski definition) is 5. The van der Waals surface area contributed by atoms with E-state index in [0.717, 1.165) is 21.6 Å². The molecule has 0 fully saturated rings. The summed E-state index contributed by atoms with van der Waals surface area (Å²) in [5, 5.41) is 0.680. The van der Waals surface area contributed by atoms with Crippen LogP contribution in [0.5, 0.6) is 0 Å². The third kappa shape index (κ3) is 1.94. The second-order valence-corrected chi connectivity index (χ2v) is 5.03. The lowest BCUT2D eigenvalue weighted by Gasteiger charge is -2.01. The standard InChI is InChI=1S/C13H12N4S/c1-8-3-2-4-9(7-8)10-5-6-11-12(15-10)18-13(16-11)17-14/h2-7H,14H2,1H3,(H,16,17). The molecule has 3 rings (SSSR count). The molecule has 0 aliphatic carbocycles. The van der Waals surface area contributed by atoms with Gasteiger partial charge in [-0.1, -0.05) is 35.1 Å². The number of fused-ring (bicyclic) bond motifs is 1. The van der Waals surface area contributed by atoms with Gasteiger partial charge >= 0.3 is 0 Å². The third-order valence-electron chi connectivity index (χ3n) is 2.69. The molecule has 2 heterocycles. The van der Waals surface area contributed by atoms with Gasteiger partial charge in [0.1, 0.15) is 10.3 Å². The van der Waals surface area contributed by atoms with Gasteiger partial charge in [0.15, 0.2) is 5.13 Å². The number of aryl methyl sites for hydroxylation is 1. The predicted octanol–water partition coefficient (Wildman–Crippen LogP) is 2.95. The zero-order chi connectivity index (χ0) is 12.5. The summed E-state index contributed by atoms with van der Waals surface area (Å²) in [6.45, 7) is 2.07. The van der Waals surface area contributed by atoms with Crippen LogP contribution < -0.4 is 11.3 Å². The van der Waals surface area contributed by atoms with E-state index in [-0.39, 0.29) is 0 Å². The number of aromatic nitrogens is 2. The molecule has 5 heteroatoms. The van der Waals surface area contributed by atoms with Crippen LogP contribution in [0.3, 0.4) is 0 Å². The Hall–Kier alpha value is -1.98. The third-order valence-corrected chi connectivity index (χ3v) is 3.59. The van der Waals surface area contributed by atoms with Crippen molar-refractivity contribution in [3.63, 3.8) is 0 Å². The SMILES string of the molecule is Cc1cccc(-c2ccc3nc(NN)sc3n2)c1. The Labute approximate surface area is 108 Å². The quantitative estimate of drug-likeness (QED) is 0.546. The molecule has 0 aliphatic rings. The van der Waals surface area contributed by atoms with Crippen molar-refractivity contribution in [3.05, 3.63) is 42.0 Å². The minimum Gasteiger partial charge on any atom is -0.300 e. The number of thiazole rings is 1. The second-order valence-electron chi connectivity index (χ2n) is 4.05. The summed E-state index contributed by atoms with van der Waals surface area (Å²) in [5.41, 5.74) is 6.72. The Morgan fingerprint density at radius 1 is 1.17 bits per heavy atom. The molecule has 3 aromatic rings. The van der Waals surface area contributed by atoms with Crippen LogP contribution in [0.25, 0.3) is 21.6 Å². The van der Waals surface area contributed by atoms with Gasteiger partial charge in [0.05, 0.1) is 5.69 Å². The minimum atomic E-state index is 0.680. The maximum Gasteiger partial charge on any atom is 0.199 e. The largest absolute Gasteiger partial charge is 0.300 e. The Kier molecular flexibility index (Phi) is 2.70.